The highest BCUT2D eigenvalue weighted by molar-refractivity contribution is 6.20. The van der Waals surface area contributed by atoms with Crippen LogP contribution in [0.1, 0.15) is 0 Å². The monoisotopic (exact) mass is 919 g/mol. The predicted octanol–water partition coefficient (Wildman–Crippen LogP) is 17.2. The molecule has 0 unspecified atom stereocenters. The highest BCUT2D eigenvalue weighted by atomic mass is 16.3. The zero-order valence-corrected chi connectivity index (χ0v) is 38.4. The largest absolute Gasteiger partial charge is 0.456 e. The maximum Gasteiger partial charge on any atom is 0.166 e. The van der Waals surface area contributed by atoms with E-state index in [0.29, 0.717) is 17.5 Å². The van der Waals surface area contributed by atoms with Crippen molar-refractivity contribution >= 4 is 109 Å². The third-order valence-corrected chi connectivity index (χ3v) is 14.7. The second-order valence-electron chi connectivity index (χ2n) is 18.7. The lowest BCUT2D eigenvalue weighted by molar-refractivity contribution is 0.668. The first-order chi connectivity index (χ1) is 35.7. The number of benzene rings is 11. The lowest BCUT2D eigenvalue weighted by Gasteiger charge is -2.16. The maximum atomic E-state index is 6.87. The highest BCUT2D eigenvalue weighted by Gasteiger charge is 2.26. The van der Waals surface area contributed by atoms with Gasteiger partial charge in [-0.25, -0.2) is 15.0 Å². The summed E-state index contributed by atoms with van der Waals surface area (Å²) in [5.74, 6) is 1.64. The van der Waals surface area contributed by atoms with Crippen molar-refractivity contribution in [3.63, 3.8) is 0 Å². The van der Waals surface area contributed by atoms with Gasteiger partial charge in [-0.1, -0.05) is 133 Å². The number of para-hydroxylation sites is 4. The molecule has 7 heteroatoms. The Bertz CT molecular complexity index is 4940. The van der Waals surface area contributed by atoms with E-state index in [-0.39, 0.29) is 0 Å². The molecule has 16 aromatic rings. The minimum atomic E-state index is 0.537. The molecular formula is C65H37N5O2. The molecule has 0 aliphatic rings. The highest BCUT2D eigenvalue weighted by Crippen LogP contribution is 2.45. The number of nitrogens with zero attached hydrogens (tertiary/aromatic N) is 5. The van der Waals surface area contributed by atoms with Gasteiger partial charge in [0.15, 0.2) is 17.5 Å². The van der Waals surface area contributed by atoms with Crippen molar-refractivity contribution in [3.8, 4) is 45.5 Å². The van der Waals surface area contributed by atoms with Gasteiger partial charge in [0.2, 0.25) is 0 Å². The third-order valence-electron chi connectivity index (χ3n) is 14.7. The van der Waals surface area contributed by atoms with Gasteiger partial charge in [0.05, 0.1) is 33.1 Å². The Morgan fingerprint density at radius 1 is 0.292 bits per heavy atom. The number of rotatable bonds is 5. The van der Waals surface area contributed by atoms with E-state index < -0.39 is 0 Å². The van der Waals surface area contributed by atoms with E-state index in [9.17, 15) is 0 Å². The molecule has 0 atom stereocenters. The van der Waals surface area contributed by atoms with Crippen LogP contribution in [-0.2, 0) is 0 Å². The van der Waals surface area contributed by atoms with Gasteiger partial charge in [0.1, 0.15) is 22.3 Å². The molecule has 0 fully saturated rings. The van der Waals surface area contributed by atoms with Crippen LogP contribution in [0.5, 0.6) is 0 Å². The molecule has 0 saturated carbocycles. The number of fused-ring (bicyclic) bond motifs is 14. The molecule has 0 aliphatic carbocycles. The second kappa shape index (κ2) is 14.8. The Kier molecular flexibility index (Phi) is 8.04. The fourth-order valence-electron chi connectivity index (χ4n) is 11.4. The van der Waals surface area contributed by atoms with Crippen molar-refractivity contribution in [1.82, 2.24) is 24.1 Å². The lowest BCUT2D eigenvalue weighted by Crippen LogP contribution is -2.04. The van der Waals surface area contributed by atoms with Crippen LogP contribution in [0, 0.1) is 0 Å². The van der Waals surface area contributed by atoms with Crippen molar-refractivity contribution in [2.24, 2.45) is 0 Å². The fraction of sp³-hybridized carbons (Fsp3) is 0. The summed E-state index contributed by atoms with van der Waals surface area (Å²) < 4.78 is 17.9. The van der Waals surface area contributed by atoms with Crippen LogP contribution in [0.25, 0.3) is 155 Å². The molecule has 72 heavy (non-hydrogen) atoms. The van der Waals surface area contributed by atoms with Gasteiger partial charge < -0.3 is 18.0 Å². The summed E-state index contributed by atoms with van der Waals surface area (Å²) in [6.45, 7) is 0. The molecule has 7 nitrogen and oxygen atoms in total. The van der Waals surface area contributed by atoms with E-state index in [4.69, 9.17) is 23.8 Å². The molecule has 0 spiro atoms. The molecule has 11 aromatic carbocycles. The smallest absolute Gasteiger partial charge is 0.166 e. The first-order valence-electron chi connectivity index (χ1n) is 24.2. The summed E-state index contributed by atoms with van der Waals surface area (Å²) in [6.07, 6.45) is 0. The van der Waals surface area contributed by atoms with E-state index in [0.717, 1.165) is 126 Å². The van der Waals surface area contributed by atoms with Gasteiger partial charge in [-0.15, -0.1) is 0 Å². The first kappa shape index (κ1) is 39.0. The number of hydrogen-bond donors (Lipinski definition) is 0. The van der Waals surface area contributed by atoms with E-state index in [2.05, 4.69) is 209 Å². The topological polar surface area (TPSA) is 74.8 Å². The summed E-state index contributed by atoms with van der Waals surface area (Å²) >= 11 is 0. The molecule has 0 aliphatic heterocycles. The fourth-order valence-corrected chi connectivity index (χ4v) is 11.4. The summed E-state index contributed by atoms with van der Waals surface area (Å²) in [5.41, 5.74) is 12.1. The zero-order chi connectivity index (χ0) is 47.0. The van der Waals surface area contributed by atoms with Crippen LogP contribution < -0.4 is 0 Å². The molecule has 0 saturated heterocycles. The van der Waals surface area contributed by atoms with Crippen molar-refractivity contribution in [1.29, 1.82) is 0 Å². The Morgan fingerprint density at radius 2 is 0.819 bits per heavy atom. The van der Waals surface area contributed by atoms with Crippen LogP contribution in [0.2, 0.25) is 0 Å². The Hall–Kier alpha value is -9.85. The van der Waals surface area contributed by atoms with E-state index in [1.165, 1.54) is 10.8 Å². The van der Waals surface area contributed by atoms with Crippen LogP contribution in [-0.4, -0.2) is 24.1 Å². The van der Waals surface area contributed by atoms with E-state index >= 15 is 0 Å². The van der Waals surface area contributed by atoms with E-state index in [1.807, 2.05) is 24.3 Å². The van der Waals surface area contributed by atoms with Crippen LogP contribution in [0.3, 0.4) is 0 Å². The number of hydrogen-bond acceptors (Lipinski definition) is 5. The zero-order valence-electron chi connectivity index (χ0n) is 38.4. The van der Waals surface area contributed by atoms with Crippen LogP contribution in [0.4, 0.5) is 0 Å². The van der Waals surface area contributed by atoms with Gasteiger partial charge >= 0.3 is 0 Å². The average molecular weight is 920 g/mol. The summed E-state index contributed by atoms with van der Waals surface area (Å²) in [7, 11) is 0. The van der Waals surface area contributed by atoms with Crippen LogP contribution in [0.15, 0.2) is 233 Å². The maximum absolute atomic E-state index is 6.87. The van der Waals surface area contributed by atoms with Gasteiger partial charge in [-0.2, -0.15) is 0 Å². The van der Waals surface area contributed by atoms with E-state index in [1.54, 1.807) is 0 Å². The number of aromatic nitrogens is 5. The summed E-state index contributed by atoms with van der Waals surface area (Å²) in [6, 6.07) is 79.2. The van der Waals surface area contributed by atoms with Crippen molar-refractivity contribution in [2.45, 2.75) is 0 Å². The number of furan rings is 2. The average Bonchev–Trinajstić information content (AvgIpc) is 4.18. The minimum Gasteiger partial charge on any atom is -0.456 e. The Labute approximate surface area is 410 Å². The third kappa shape index (κ3) is 5.70. The first-order valence-corrected chi connectivity index (χ1v) is 24.2. The second-order valence-corrected chi connectivity index (χ2v) is 18.7. The molecular weight excluding hydrogens is 883 g/mol. The lowest BCUT2D eigenvalue weighted by atomic mass is 10.0. The normalized spacial score (nSPS) is 12.2. The van der Waals surface area contributed by atoms with Gasteiger partial charge in [0, 0.05) is 60.1 Å². The molecule has 5 heterocycles. The standard InChI is InChI=1S/C65H37N5O2/c1-2-18-44(19-3-1)69-53-23-11-8-20-45(53)47-28-26-43(36-55(47)69)64-66-63(42-27-30-58-51(34-42)48-22-10-13-25-57(48)71-58)67-65(68-64)49-29-31-59-61(52-33-39-15-5-7-17-41(39)37-60(52)72-59)62(49)70-54-24-12-9-21-46(54)50-32-38-14-4-6-16-40(38)35-56(50)70/h1-37H. The summed E-state index contributed by atoms with van der Waals surface area (Å²) in [5, 5.41) is 13.2. The van der Waals surface area contributed by atoms with Crippen molar-refractivity contribution < 1.29 is 8.83 Å². The van der Waals surface area contributed by atoms with Crippen LogP contribution >= 0.6 is 0 Å². The van der Waals surface area contributed by atoms with Gasteiger partial charge in [-0.3, -0.25) is 0 Å². The molecule has 0 radical (unpaired) electrons. The van der Waals surface area contributed by atoms with Gasteiger partial charge in [-0.05, 0) is 113 Å². The molecule has 16 rings (SSSR count). The summed E-state index contributed by atoms with van der Waals surface area (Å²) in [4.78, 5) is 16.5. The molecule has 0 amide bonds. The van der Waals surface area contributed by atoms with Crippen molar-refractivity contribution in [2.75, 3.05) is 0 Å². The minimum absolute atomic E-state index is 0.537. The molecule has 0 bridgehead atoms. The Balaban J connectivity index is 1.03. The quantitative estimate of drug-likeness (QED) is 0.172. The molecule has 334 valence electrons. The van der Waals surface area contributed by atoms with Gasteiger partial charge in [0.25, 0.3) is 0 Å². The SMILES string of the molecule is c1ccc(-n2c3ccccc3c3ccc(-c4nc(-c5ccc6oc7ccccc7c6c5)nc(-c5ccc6oc7cc8ccccc8cc7c6c5-n5c6ccccc6c6cc7ccccc7cc65)n4)cc32)cc1. The predicted molar refractivity (Wildman–Crippen MR) is 294 cm³/mol. The van der Waals surface area contributed by atoms with Crippen molar-refractivity contribution in [3.05, 3.63) is 224 Å². The molecule has 0 N–H and O–H groups in total. The Morgan fingerprint density at radius 3 is 1.60 bits per heavy atom. The molecule has 5 aromatic heterocycles.